The lowest BCUT2D eigenvalue weighted by atomic mass is 9.65. The van der Waals surface area contributed by atoms with Crippen LogP contribution in [0.4, 0.5) is 0 Å². The van der Waals surface area contributed by atoms with Gasteiger partial charge in [0.1, 0.15) is 5.25 Å². The van der Waals surface area contributed by atoms with Crippen LogP contribution >= 0.6 is 0 Å². The van der Waals surface area contributed by atoms with E-state index < -0.39 is 20.8 Å². The quantitative estimate of drug-likeness (QED) is 0.317. The molecule has 0 aliphatic carbocycles. The summed E-state index contributed by atoms with van der Waals surface area (Å²) in [4.78, 5) is 0. The molecular weight excluding hydrogens is 418 g/mol. The molecule has 0 bridgehead atoms. The van der Waals surface area contributed by atoms with Crippen LogP contribution in [-0.4, -0.2) is 13.0 Å². The minimum Gasteiger partial charge on any atom is -0.285 e. The van der Waals surface area contributed by atoms with E-state index in [2.05, 4.69) is 6.07 Å². The first-order valence-corrected chi connectivity index (χ1v) is 11.6. The van der Waals surface area contributed by atoms with Crippen LogP contribution in [0.1, 0.15) is 33.1 Å². The molecule has 0 aliphatic heterocycles. The Morgan fingerprint density at radius 3 is 1.34 bits per heavy atom. The van der Waals surface area contributed by atoms with Crippen LogP contribution in [0.2, 0.25) is 0 Å². The van der Waals surface area contributed by atoms with Crippen molar-refractivity contribution >= 4 is 10.1 Å². The Balaban J connectivity index is 2.17. The first kappa shape index (κ1) is 21.5. The number of nitrogens with zero attached hydrogens (tertiary/aromatic N) is 1. The van der Waals surface area contributed by atoms with Crippen molar-refractivity contribution in [3.05, 3.63) is 143 Å². The van der Waals surface area contributed by atoms with E-state index in [-0.39, 0.29) is 0 Å². The van der Waals surface area contributed by atoms with Crippen molar-refractivity contribution < 1.29 is 13.0 Å². The first-order valence-electron chi connectivity index (χ1n) is 10.1. The molecule has 5 heteroatoms. The molecule has 0 saturated heterocycles. The van der Waals surface area contributed by atoms with Gasteiger partial charge in [-0.15, -0.1) is 0 Å². The lowest BCUT2D eigenvalue weighted by Crippen LogP contribution is -2.40. The topological polar surface area (TPSA) is 78.2 Å². The second kappa shape index (κ2) is 8.80. The molecule has 4 aromatic carbocycles. The molecule has 4 rings (SSSR count). The van der Waals surface area contributed by atoms with Crippen molar-refractivity contribution in [3.63, 3.8) is 0 Å². The maximum atomic E-state index is 13.1. The second-order valence-electron chi connectivity index (χ2n) is 7.53. The molecule has 0 aromatic heterocycles. The number of hydrogen-bond donors (Lipinski definition) is 1. The molecule has 0 fully saturated rings. The monoisotopic (exact) mass is 439 g/mol. The summed E-state index contributed by atoms with van der Waals surface area (Å²) in [5, 5.41) is 7.85. The minimum absolute atomic E-state index is 0.392. The smallest absolute Gasteiger partial charge is 0.273 e. The third-order valence-electron chi connectivity index (χ3n) is 5.72. The van der Waals surface area contributed by atoms with E-state index in [1.807, 2.05) is 91.0 Å². The van der Waals surface area contributed by atoms with Crippen LogP contribution < -0.4 is 0 Å². The number of hydrogen-bond acceptors (Lipinski definition) is 3. The highest BCUT2D eigenvalue weighted by atomic mass is 32.2. The highest BCUT2D eigenvalue weighted by molar-refractivity contribution is 7.86. The van der Waals surface area contributed by atoms with Gasteiger partial charge in [-0.2, -0.15) is 13.7 Å². The lowest BCUT2D eigenvalue weighted by molar-refractivity contribution is 0.440. The maximum Gasteiger partial charge on any atom is 0.273 e. The highest BCUT2D eigenvalue weighted by Crippen LogP contribution is 2.51. The fraction of sp³-hybridized carbons (Fsp3) is 0.0741. The average Bonchev–Trinajstić information content (AvgIpc) is 2.83. The van der Waals surface area contributed by atoms with Crippen molar-refractivity contribution in [2.24, 2.45) is 0 Å². The zero-order valence-electron chi connectivity index (χ0n) is 17.2. The largest absolute Gasteiger partial charge is 0.285 e. The van der Waals surface area contributed by atoms with E-state index in [1.54, 1.807) is 24.3 Å². The van der Waals surface area contributed by atoms with Gasteiger partial charge in [-0.25, -0.2) is 0 Å². The van der Waals surface area contributed by atoms with E-state index in [0.717, 1.165) is 16.7 Å². The molecule has 1 atom stereocenters. The first-order chi connectivity index (χ1) is 15.5. The number of nitriles is 1. The van der Waals surface area contributed by atoms with Gasteiger partial charge in [-0.1, -0.05) is 103 Å². The molecule has 1 N–H and O–H groups in total. The second-order valence-corrected chi connectivity index (χ2v) is 9.04. The van der Waals surface area contributed by atoms with E-state index in [9.17, 15) is 18.2 Å². The van der Waals surface area contributed by atoms with Gasteiger partial charge in [0.25, 0.3) is 10.1 Å². The summed E-state index contributed by atoms with van der Waals surface area (Å²) in [6, 6.07) is 36.4. The molecule has 4 aromatic rings. The van der Waals surface area contributed by atoms with Crippen molar-refractivity contribution in [2.45, 2.75) is 10.7 Å². The van der Waals surface area contributed by atoms with Gasteiger partial charge in [0, 0.05) is 0 Å². The molecule has 0 radical (unpaired) electrons. The minimum atomic E-state index is -4.62. The van der Waals surface area contributed by atoms with Crippen molar-refractivity contribution in [1.82, 2.24) is 0 Å². The summed E-state index contributed by atoms with van der Waals surface area (Å²) in [5.74, 6) is 0. The normalized spacial score (nSPS) is 12.6. The summed E-state index contributed by atoms with van der Waals surface area (Å²) in [7, 11) is -4.62. The van der Waals surface area contributed by atoms with Crippen molar-refractivity contribution in [1.29, 1.82) is 5.26 Å². The molecule has 4 nitrogen and oxygen atoms in total. The Hall–Kier alpha value is -3.72. The van der Waals surface area contributed by atoms with Crippen LogP contribution in [0, 0.1) is 11.3 Å². The van der Waals surface area contributed by atoms with Gasteiger partial charge >= 0.3 is 0 Å². The molecule has 0 saturated carbocycles. The van der Waals surface area contributed by atoms with E-state index in [1.165, 1.54) is 0 Å². The molecular formula is C27H21NO3S. The SMILES string of the molecule is N#Cc1ccc(C(C(c2ccccc2)(c2ccccc2)c2ccccc2)S(=O)(=O)O)cc1. The zero-order chi connectivity index (χ0) is 22.6. The number of benzene rings is 4. The Bertz CT molecular complexity index is 1230. The molecule has 0 spiro atoms. The zero-order valence-corrected chi connectivity index (χ0v) is 18.0. The van der Waals surface area contributed by atoms with Crippen LogP contribution in [0.15, 0.2) is 115 Å². The van der Waals surface area contributed by atoms with Gasteiger partial charge in [0.05, 0.1) is 17.0 Å². The summed E-state index contributed by atoms with van der Waals surface area (Å²) < 4.78 is 37.0. The third kappa shape index (κ3) is 3.82. The van der Waals surface area contributed by atoms with Gasteiger partial charge in [0.2, 0.25) is 0 Å². The van der Waals surface area contributed by atoms with Crippen molar-refractivity contribution in [2.75, 3.05) is 0 Å². The van der Waals surface area contributed by atoms with Gasteiger partial charge in [-0.3, -0.25) is 4.55 Å². The maximum absolute atomic E-state index is 13.1. The molecule has 158 valence electrons. The standard InChI is InChI=1S/C27H21NO3S/c28-20-21-16-18-22(19-17-21)26(32(29,30)31)27(23-10-4-1-5-11-23,24-12-6-2-7-13-24)25-14-8-3-9-15-25/h1-19,26H,(H,29,30,31). The lowest BCUT2D eigenvalue weighted by Gasteiger charge is -2.41. The van der Waals surface area contributed by atoms with Crippen LogP contribution in [0.5, 0.6) is 0 Å². The summed E-state index contributed by atoms with van der Waals surface area (Å²) in [6.07, 6.45) is 0. The summed E-state index contributed by atoms with van der Waals surface area (Å²) >= 11 is 0. The van der Waals surface area contributed by atoms with Crippen LogP contribution in [-0.2, 0) is 15.5 Å². The number of rotatable bonds is 6. The van der Waals surface area contributed by atoms with Gasteiger partial charge in [0.15, 0.2) is 0 Å². The Morgan fingerprint density at radius 2 is 1.03 bits per heavy atom. The predicted molar refractivity (Wildman–Crippen MR) is 125 cm³/mol. The summed E-state index contributed by atoms with van der Waals surface area (Å²) in [6.45, 7) is 0. The molecule has 1 unspecified atom stereocenters. The van der Waals surface area contributed by atoms with Crippen molar-refractivity contribution in [3.8, 4) is 6.07 Å². The van der Waals surface area contributed by atoms with Gasteiger partial charge < -0.3 is 0 Å². The molecule has 0 aliphatic rings. The van der Waals surface area contributed by atoms with E-state index >= 15 is 0 Å². The van der Waals surface area contributed by atoms with Crippen LogP contribution in [0.25, 0.3) is 0 Å². The Morgan fingerprint density at radius 1 is 0.656 bits per heavy atom. The van der Waals surface area contributed by atoms with Crippen LogP contribution in [0.3, 0.4) is 0 Å². The van der Waals surface area contributed by atoms with E-state index in [0.29, 0.717) is 11.1 Å². The average molecular weight is 440 g/mol. The Labute approximate surface area is 188 Å². The fourth-order valence-electron chi connectivity index (χ4n) is 4.44. The molecule has 32 heavy (non-hydrogen) atoms. The summed E-state index contributed by atoms with van der Waals surface area (Å²) in [5.41, 5.74) is 1.74. The fourth-order valence-corrected chi connectivity index (χ4v) is 5.79. The molecule has 0 heterocycles. The van der Waals surface area contributed by atoms with E-state index in [4.69, 9.17) is 0 Å². The highest BCUT2D eigenvalue weighted by Gasteiger charge is 2.50. The molecule has 0 amide bonds. The third-order valence-corrected chi connectivity index (χ3v) is 6.94. The predicted octanol–water partition coefficient (Wildman–Crippen LogP) is 5.52. The Kier molecular flexibility index (Phi) is 5.91. The van der Waals surface area contributed by atoms with Gasteiger partial charge in [-0.05, 0) is 34.4 Å².